The van der Waals surface area contributed by atoms with E-state index in [1.54, 1.807) is 0 Å². The first kappa shape index (κ1) is 11.6. The van der Waals surface area contributed by atoms with Crippen molar-refractivity contribution in [2.24, 2.45) is 0 Å². The van der Waals surface area contributed by atoms with Crippen LogP contribution in [0.1, 0.15) is 20.8 Å². The molecule has 0 atom stereocenters. The van der Waals surface area contributed by atoms with Gasteiger partial charge in [0.05, 0.1) is 5.56 Å². The number of pyridine rings is 1. The molecule has 2 rings (SSSR count). The van der Waals surface area contributed by atoms with Gasteiger partial charge < -0.3 is 20.4 Å². The standard InChI is InChI=1S/C10H8N4O4/c15-8(6-4-12-10(18)13-6)14-7-3-5(9(16)17)1-2-11-7/h1-4H,(H,16,17)(H,11,14,15)(H2,12,13,18). The van der Waals surface area contributed by atoms with Crippen molar-refractivity contribution in [3.8, 4) is 0 Å². The van der Waals surface area contributed by atoms with Crippen LogP contribution >= 0.6 is 0 Å². The molecular formula is C10H8N4O4. The predicted octanol–water partition coefficient (Wildman–Crippen LogP) is 0.0485. The van der Waals surface area contributed by atoms with Gasteiger partial charge in [-0.3, -0.25) is 4.79 Å². The summed E-state index contributed by atoms with van der Waals surface area (Å²) in [5.41, 5.74) is -0.474. The van der Waals surface area contributed by atoms with Gasteiger partial charge in [-0.1, -0.05) is 0 Å². The van der Waals surface area contributed by atoms with Crippen LogP contribution in [-0.4, -0.2) is 31.9 Å². The summed E-state index contributed by atoms with van der Waals surface area (Å²) in [5, 5.41) is 11.1. The van der Waals surface area contributed by atoms with Gasteiger partial charge in [-0.25, -0.2) is 14.6 Å². The van der Waals surface area contributed by atoms with Gasteiger partial charge in [0.25, 0.3) is 5.91 Å². The van der Waals surface area contributed by atoms with Crippen LogP contribution in [0.3, 0.4) is 0 Å². The van der Waals surface area contributed by atoms with Gasteiger partial charge in [0.15, 0.2) is 0 Å². The third-order valence-corrected chi connectivity index (χ3v) is 2.09. The van der Waals surface area contributed by atoms with E-state index in [2.05, 4.69) is 20.3 Å². The molecule has 92 valence electrons. The number of amides is 1. The highest BCUT2D eigenvalue weighted by molar-refractivity contribution is 6.02. The van der Waals surface area contributed by atoms with Gasteiger partial charge in [-0.15, -0.1) is 0 Å². The number of carboxylic acids is 1. The van der Waals surface area contributed by atoms with Crippen LogP contribution in [0.25, 0.3) is 0 Å². The summed E-state index contributed by atoms with van der Waals surface area (Å²) in [4.78, 5) is 41.5. The molecule has 8 heteroatoms. The molecule has 0 aliphatic rings. The van der Waals surface area contributed by atoms with Crippen molar-refractivity contribution in [3.05, 3.63) is 46.3 Å². The number of rotatable bonds is 3. The summed E-state index contributed by atoms with van der Waals surface area (Å²) in [5.74, 6) is -1.63. The van der Waals surface area contributed by atoms with Crippen molar-refractivity contribution in [2.75, 3.05) is 5.32 Å². The van der Waals surface area contributed by atoms with E-state index in [0.29, 0.717) is 0 Å². The highest BCUT2D eigenvalue weighted by atomic mass is 16.4. The number of aromatic amines is 2. The molecule has 2 aromatic heterocycles. The number of hydrogen-bond donors (Lipinski definition) is 4. The fourth-order valence-corrected chi connectivity index (χ4v) is 1.27. The topological polar surface area (TPSA) is 128 Å². The fourth-order valence-electron chi connectivity index (χ4n) is 1.27. The molecule has 0 unspecified atom stereocenters. The second-order valence-corrected chi connectivity index (χ2v) is 3.35. The first-order valence-corrected chi connectivity index (χ1v) is 4.84. The molecule has 4 N–H and O–H groups in total. The SMILES string of the molecule is O=C(O)c1ccnc(NC(=O)c2c[nH]c(=O)[nH]2)c1. The van der Waals surface area contributed by atoms with E-state index in [0.717, 1.165) is 0 Å². The maximum atomic E-state index is 11.6. The smallest absolute Gasteiger partial charge is 0.335 e. The van der Waals surface area contributed by atoms with Crippen molar-refractivity contribution in [1.82, 2.24) is 15.0 Å². The van der Waals surface area contributed by atoms with Crippen molar-refractivity contribution in [2.45, 2.75) is 0 Å². The minimum Gasteiger partial charge on any atom is -0.478 e. The van der Waals surface area contributed by atoms with Crippen LogP contribution in [0.4, 0.5) is 5.82 Å². The van der Waals surface area contributed by atoms with Gasteiger partial charge in [0.2, 0.25) is 0 Å². The van der Waals surface area contributed by atoms with Crippen LogP contribution in [-0.2, 0) is 0 Å². The van der Waals surface area contributed by atoms with Crippen molar-refractivity contribution in [1.29, 1.82) is 0 Å². The Morgan fingerprint density at radius 3 is 2.78 bits per heavy atom. The Morgan fingerprint density at radius 2 is 2.17 bits per heavy atom. The van der Waals surface area contributed by atoms with E-state index >= 15 is 0 Å². The maximum absolute atomic E-state index is 11.6. The maximum Gasteiger partial charge on any atom is 0.335 e. The third-order valence-electron chi connectivity index (χ3n) is 2.09. The summed E-state index contributed by atoms with van der Waals surface area (Å²) in [6.45, 7) is 0. The summed E-state index contributed by atoms with van der Waals surface area (Å²) in [6.07, 6.45) is 2.47. The average molecular weight is 248 g/mol. The lowest BCUT2D eigenvalue weighted by Gasteiger charge is -2.02. The number of nitrogens with one attached hydrogen (secondary N) is 3. The van der Waals surface area contributed by atoms with Gasteiger partial charge in [0, 0.05) is 12.4 Å². The molecule has 1 amide bonds. The number of hydrogen-bond acceptors (Lipinski definition) is 4. The van der Waals surface area contributed by atoms with E-state index in [1.165, 1.54) is 24.5 Å². The van der Waals surface area contributed by atoms with Crippen LogP contribution < -0.4 is 11.0 Å². The molecule has 18 heavy (non-hydrogen) atoms. The normalized spacial score (nSPS) is 10.0. The molecular weight excluding hydrogens is 240 g/mol. The zero-order valence-corrected chi connectivity index (χ0v) is 8.93. The fraction of sp³-hybridized carbons (Fsp3) is 0. The molecule has 2 aromatic rings. The number of H-pyrrole nitrogens is 2. The van der Waals surface area contributed by atoms with Crippen LogP contribution in [0, 0.1) is 0 Å². The van der Waals surface area contributed by atoms with Crippen molar-refractivity contribution in [3.63, 3.8) is 0 Å². The molecule has 0 bridgehead atoms. The lowest BCUT2D eigenvalue weighted by molar-refractivity contribution is 0.0696. The van der Waals surface area contributed by atoms with Gasteiger partial charge in [0.1, 0.15) is 11.5 Å². The van der Waals surface area contributed by atoms with Crippen molar-refractivity contribution < 1.29 is 14.7 Å². The van der Waals surface area contributed by atoms with E-state index in [-0.39, 0.29) is 17.1 Å². The lowest BCUT2D eigenvalue weighted by atomic mass is 10.2. The molecule has 8 nitrogen and oxygen atoms in total. The number of nitrogens with zero attached hydrogens (tertiary/aromatic N) is 1. The number of aromatic nitrogens is 3. The molecule has 0 aliphatic carbocycles. The van der Waals surface area contributed by atoms with Crippen LogP contribution in [0.5, 0.6) is 0 Å². The molecule has 2 heterocycles. The molecule has 0 spiro atoms. The Bertz CT molecular complexity index is 658. The van der Waals surface area contributed by atoms with E-state index in [9.17, 15) is 14.4 Å². The molecule has 0 radical (unpaired) electrons. The van der Waals surface area contributed by atoms with Crippen LogP contribution in [0.2, 0.25) is 0 Å². The zero-order valence-electron chi connectivity index (χ0n) is 8.93. The molecule has 0 saturated heterocycles. The number of carbonyl (C=O) groups is 2. The van der Waals surface area contributed by atoms with Gasteiger partial charge in [-0.05, 0) is 12.1 Å². The van der Waals surface area contributed by atoms with Gasteiger partial charge >= 0.3 is 11.7 Å². The molecule has 0 aliphatic heterocycles. The highest BCUT2D eigenvalue weighted by Crippen LogP contribution is 2.07. The monoisotopic (exact) mass is 248 g/mol. The number of carbonyl (C=O) groups excluding carboxylic acids is 1. The minimum atomic E-state index is -1.12. The number of carboxylic acid groups (broad SMARTS) is 1. The van der Waals surface area contributed by atoms with E-state index in [1.807, 2.05) is 0 Å². The predicted molar refractivity (Wildman–Crippen MR) is 60.6 cm³/mol. The Balaban J connectivity index is 2.19. The zero-order chi connectivity index (χ0) is 13.1. The number of imidazole rings is 1. The Labute approximate surface area is 99.7 Å². The average Bonchev–Trinajstić information content (AvgIpc) is 2.76. The van der Waals surface area contributed by atoms with Gasteiger partial charge in [-0.2, -0.15) is 0 Å². The largest absolute Gasteiger partial charge is 0.478 e. The molecule has 0 saturated carbocycles. The summed E-state index contributed by atoms with van der Waals surface area (Å²) in [6, 6.07) is 2.52. The Morgan fingerprint density at radius 1 is 1.39 bits per heavy atom. The summed E-state index contributed by atoms with van der Waals surface area (Å²) < 4.78 is 0. The Kier molecular flexibility index (Phi) is 2.92. The minimum absolute atomic E-state index is 0.00265. The van der Waals surface area contributed by atoms with E-state index in [4.69, 9.17) is 5.11 Å². The van der Waals surface area contributed by atoms with E-state index < -0.39 is 17.6 Å². The lowest BCUT2D eigenvalue weighted by Crippen LogP contribution is -2.15. The number of aromatic carboxylic acids is 1. The highest BCUT2D eigenvalue weighted by Gasteiger charge is 2.10. The quantitative estimate of drug-likeness (QED) is 0.610. The molecule has 0 aromatic carbocycles. The second-order valence-electron chi connectivity index (χ2n) is 3.35. The first-order valence-electron chi connectivity index (χ1n) is 4.84. The third kappa shape index (κ3) is 2.43. The van der Waals surface area contributed by atoms with Crippen molar-refractivity contribution >= 4 is 17.7 Å². The summed E-state index contributed by atoms with van der Waals surface area (Å²) in [7, 11) is 0. The molecule has 0 fully saturated rings. The number of anilines is 1. The first-order chi connectivity index (χ1) is 8.56. The summed E-state index contributed by atoms with van der Waals surface area (Å²) >= 11 is 0. The Hall–Kier alpha value is -2.90. The van der Waals surface area contributed by atoms with Crippen LogP contribution in [0.15, 0.2) is 29.3 Å². The second kappa shape index (κ2) is 4.53.